The molecule has 1 heterocycles. The lowest BCUT2D eigenvalue weighted by molar-refractivity contribution is -0.302. The number of allylic oxidation sites excluding steroid dienone is 3. The highest BCUT2D eigenvalue weighted by atomic mass is 16.7. The van der Waals surface area contributed by atoms with Crippen molar-refractivity contribution in [2.24, 2.45) is 0 Å². The number of ether oxygens (including phenoxy) is 2. The van der Waals surface area contributed by atoms with Gasteiger partial charge < -0.3 is 40.3 Å². The molecule has 1 fully saturated rings. The molecule has 52 heavy (non-hydrogen) atoms. The van der Waals surface area contributed by atoms with Gasteiger partial charge in [0.25, 0.3) is 0 Å². The highest BCUT2D eigenvalue weighted by Gasteiger charge is 2.44. The molecule has 0 saturated carbocycles. The van der Waals surface area contributed by atoms with Gasteiger partial charge in [-0.3, -0.25) is 4.79 Å². The van der Waals surface area contributed by atoms with Gasteiger partial charge in [-0.2, -0.15) is 0 Å². The maximum absolute atomic E-state index is 12.9. The highest BCUT2D eigenvalue weighted by Crippen LogP contribution is 2.22. The zero-order valence-corrected chi connectivity index (χ0v) is 33.3. The summed E-state index contributed by atoms with van der Waals surface area (Å²) in [5, 5.41) is 54.0. The summed E-state index contributed by atoms with van der Waals surface area (Å²) in [6.45, 7) is 3.74. The van der Waals surface area contributed by atoms with E-state index < -0.39 is 49.5 Å². The van der Waals surface area contributed by atoms with E-state index in [9.17, 15) is 30.3 Å². The molecule has 9 nitrogen and oxygen atoms in total. The van der Waals surface area contributed by atoms with Crippen LogP contribution < -0.4 is 5.32 Å². The first-order valence-corrected chi connectivity index (χ1v) is 21.6. The molecule has 0 spiro atoms. The molecular weight excluding hydrogens is 658 g/mol. The summed E-state index contributed by atoms with van der Waals surface area (Å²) in [7, 11) is 0. The lowest BCUT2D eigenvalue weighted by Gasteiger charge is -2.40. The Morgan fingerprint density at radius 1 is 0.635 bits per heavy atom. The van der Waals surface area contributed by atoms with Gasteiger partial charge in [0, 0.05) is 6.42 Å². The Kier molecular flexibility index (Phi) is 32.0. The summed E-state index contributed by atoms with van der Waals surface area (Å²) in [5.74, 6) is -0.194. The van der Waals surface area contributed by atoms with Crippen molar-refractivity contribution >= 4 is 5.91 Å². The summed E-state index contributed by atoms with van der Waals surface area (Å²) >= 11 is 0. The summed E-state index contributed by atoms with van der Waals surface area (Å²) in [6.07, 6.45) is 32.2. The van der Waals surface area contributed by atoms with E-state index >= 15 is 0 Å². The molecule has 0 aromatic heterocycles. The average Bonchev–Trinajstić information content (AvgIpc) is 3.14. The third-order valence-corrected chi connectivity index (χ3v) is 10.3. The second-order valence-corrected chi connectivity index (χ2v) is 15.1. The van der Waals surface area contributed by atoms with Crippen LogP contribution >= 0.6 is 0 Å². The van der Waals surface area contributed by atoms with Crippen LogP contribution in [0.5, 0.6) is 0 Å². The predicted octanol–water partition coefficient (Wildman–Crippen LogP) is 8.33. The maximum Gasteiger partial charge on any atom is 0.220 e. The first-order chi connectivity index (χ1) is 25.3. The molecule has 7 atom stereocenters. The van der Waals surface area contributed by atoms with Crippen LogP contribution in [-0.4, -0.2) is 87.5 Å². The number of aliphatic hydroxyl groups excluding tert-OH is 5. The Bertz CT molecular complexity index is 868. The van der Waals surface area contributed by atoms with E-state index in [4.69, 9.17) is 9.47 Å². The molecule has 1 aliphatic rings. The van der Waals surface area contributed by atoms with Crippen LogP contribution in [0.15, 0.2) is 24.3 Å². The average molecular weight is 740 g/mol. The van der Waals surface area contributed by atoms with Crippen molar-refractivity contribution in [2.75, 3.05) is 13.2 Å². The minimum Gasteiger partial charge on any atom is -0.394 e. The minimum absolute atomic E-state index is 0.192. The Morgan fingerprint density at radius 3 is 1.56 bits per heavy atom. The molecular formula is C43H81NO8. The maximum atomic E-state index is 12.9. The van der Waals surface area contributed by atoms with Crippen molar-refractivity contribution in [2.45, 2.75) is 230 Å². The molecule has 0 aromatic rings. The zero-order chi connectivity index (χ0) is 38.1. The minimum atomic E-state index is -1.57. The van der Waals surface area contributed by atoms with Gasteiger partial charge in [-0.25, -0.2) is 0 Å². The van der Waals surface area contributed by atoms with Crippen LogP contribution in [0.2, 0.25) is 0 Å². The molecule has 1 saturated heterocycles. The highest BCUT2D eigenvalue weighted by molar-refractivity contribution is 5.76. The van der Waals surface area contributed by atoms with Crippen molar-refractivity contribution < 1.29 is 39.8 Å². The number of unbranched alkanes of at least 4 members (excludes halogenated alkanes) is 23. The number of aliphatic hydroxyl groups is 5. The van der Waals surface area contributed by atoms with E-state index in [1.165, 1.54) is 116 Å². The number of hydrogen-bond donors (Lipinski definition) is 6. The Balaban J connectivity index is 2.41. The van der Waals surface area contributed by atoms with Crippen molar-refractivity contribution in [3.63, 3.8) is 0 Å². The fraction of sp³-hybridized carbons (Fsp3) is 0.884. The Morgan fingerprint density at radius 2 is 1.08 bits per heavy atom. The molecule has 0 aliphatic carbocycles. The number of amides is 1. The van der Waals surface area contributed by atoms with E-state index in [2.05, 4.69) is 31.3 Å². The number of nitrogens with one attached hydrogen (secondary N) is 1. The van der Waals surface area contributed by atoms with Crippen molar-refractivity contribution in [1.82, 2.24) is 5.32 Å². The standard InChI is InChI=1S/C43H81NO8/c1-3-5-7-9-11-13-15-17-18-19-21-22-24-26-28-30-32-37(46)36(35-51-43-42(50)41(49)40(48)38(34-45)52-43)44-39(47)33-31-29-27-25-23-20-16-14-12-10-8-6-4-2/h20,23,30,32,36-38,40-43,45-46,48-50H,3-19,21-22,24-29,31,33-35H2,1-2H3,(H,44,47)/b23-20-,32-30+. The van der Waals surface area contributed by atoms with Crippen LogP contribution in [-0.2, 0) is 14.3 Å². The fourth-order valence-corrected chi connectivity index (χ4v) is 6.74. The number of carbonyl (C=O) groups excluding carboxylic acids is 1. The van der Waals surface area contributed by atoms with Gasteiger partial charge >= 0.3 is 0 Å². The lowest BCUT2D eigenvalue weighted by atomic mass is 9.99. The monoisotopic (exact) mass is 740 g/mol. The molecule has 9 heteroatoms. The van der Waals surface area contributed by atoms with Gasteiger partial charge in [-0.15, -0.1) is 0 Å². The largest absolute Gasteiger partial charge is 0.394 e. The van der Waals surface area contributed by atoms with Gasteiger partial charge in [-0.05, 0) is 44.9 Å². The van der Waals surface area contributed by atoms with Crippen LogP contribution in [0.1, 0.15) is 187 Å². The molecule has 7 unspecified atom stereocenters. The number of carbonyl (C=O) groups is 1. The number of rotatable bonds is 35. The van der Waals surface area contributed by atoms with Crippen molar-refractivity contribution in [1.29, 1.82) is 0 Å². The van der Waals surface area contributed by atoms with Gasteiger partial charge in [0.1, 0.15) is 24.4 Å². The second kappa shape index (κ2) is 34.2. The molecule has 6 N–H and O–H groups in total. The molecule has 0 radical (unpaired) electrons. The van der Waals surface area contributed by atoms with Crippen molar-refractivity contribution in [3.05, 3.63) is 24.3 Å². The Hall–Kier alpha value is -1.33. The van der Waals surface area contributed by atoms with Crippen LogP contribution in [0.25, 0.3) is 0 Å². The molecule has 1 amide bonds. The molecule has 0 aromatic carbocycles. The third kappa shape index (κ3) is 24.9. The predicted molar refractivity (Wildman–Crippen MR) is 212 cm³/mol. The van der Waals surface area contributed by atoms with E-state index in [1.54, 1.807) is 6.08 Å². The van der Waals surface area contributed by atoms with E-state index in [0.29, 0.717) is 6.42 Å². The smallest absolute Gasteiger partial charge is 0.220 e. The first kappa shape index (κ1) is 48.7. The SMILES string of the molecule is CCCCCCCC/C=C\CCCCCC(=O)NC(COC1OC(CO)C(O)C(O)C1O)C(O)/C=C/CCCCCCCCCCCCCCCC. The van der Waals surface area contributed by atoms with E-state index in [0.717, 1.165) is 51.4 Å². The molecule has 0 bridgehead atoms. The van der Waals surface area contributed by atoms with Crippen LogP contribution in [0, 0.1) is 0 Å². The van der Waals surface area contributed by atoms with Crippen LogP contribution in [0.3, 0.4) is 0 Å². The topological polar surface area (TPSA) is 149 Å². The van der Waals surface area contributed by atoms with Crippen molar-refractivity contribution in [3.8, 4) is 0 Å². The first-order valence-electron chi connectivity index (χ1n) is 21.6. The van der Waals surface area contributed by atoms with Gasteiger partial charge in [-0.1, -0.05) is 160 Å². The fourth-order valence-electron chi connectivity index (χ4n) is 6.74. The van der Waals surface area contributed by atoms with Crippen LogP contribution in [0.4, 0.5) is 0 Å². The summed E-state index contributed by atoms with van der Waals surface area (Å²) in [6, 6.07) is -0.808. The molecule has 1 rings (SSSR count). The van der Waals surface area contributed by atoms with Gasteiger partial charge in [0.15, 0.2) is 6.29 Å². The van der Waals surface area contributed by atoms with Gasteiger partial charge in [0.05, 0.1) is 25.4 Å². The number of hydrogen-bond acceptors (Lipinski definition) is 8. The summed E-state index contributed by atoms with van der Waals surface area (Å²) in [5.41, 5.74) is 0. The summed E-state index contributed by atoms with van der Waals surface area (Å²) in [4.78, 5) is 12.9. The lowest BCUT2D eigenvalue weighted by Crippen LogP contribution is -2.60. The second-order valence-electron chi connectivity index (χ2n) is 15.1. The quantitative estimate of drug-likeness (QED) is 0.0281. The zero-order valence-electron chi connectivity index (χ0n) is 33.3. The van der Waals surface area contributed by atoms with Gasteiger partial charge in [0.2, 0.25) is 5.91 Å². The van der Waals surface area contributed by atoms with E-state index in [-0.39, 0.29) is 12.5 Å². The van der Waals surface area contributed by atoms with E-state index in [1.807, 2.05) is 6.08 Å². The normalized spacial score (nSPS) is 22.0. The molecule has 1 aliphatic heterocycles. The molecule has 306 valence electrons. The third-order valence-electron chi connectivity index (χ3n) is 10.3. The summed E-state index contributed by atoms with van der Waals surface area (Å²) < 4.78 is 11.2. The Labute approximate surface area is 318 Å².